The highest BCUT2D eigenvalue weighted by Gasteiger charge is 2.34. The van der Waals surface area contributed by atoms with E-state index < -0.39 is 18.4 Å². The van der Waals surface area contributed by atoms with Crippen LogP contribution in [0.5, 0.6) is 11.5 Å². The average Bonchev–Trinajstić information content (AvgIpc) is 3.16. The summed E-state index contributed by atoms with van der Waals surface area (Å²) in [4.78, 5) is 26.1. The summed E-state index contributed by atoms with van der Waals surface area (Å²) >= 11 is 0. The van der Waals surface area contributed by atoms with Crippen molar-refractivity contribution in [3.8, 4) is 22.6 Å². The summed E-state index contributed by atoms with van der Waals surface area (Å²) in [5, 5.41) is 12.5. The zero-order chi connectivity index (χ0) is 35.9. The molecule has 2 heterocycles. The summed E-state index contributed by atoms with van der Waals surface area (Å²) in [5.41, 5.74) is 8.19. The van der Waals surface area contributed by atoms with E-state index in [1.165, 1.54) is 18.1 Å². The normalized spacial score (nSPS) is 19.4. The van der Waals surface area contributed by atoms with E-state index in [-0.39, 0.29) is 24.7 Å². The molecule has 10 heteroatoms. The van der Waals surface area contributed by atoms with Crippen LogP contribution in [-0.4, -0.2) is 61.4 Å². The number of rotatable bonds is 12. The maximum atomic E-state index is 12.4. The monoisotopic (exact) mass is 694 g/mol. The number of aliphatic hydroxyl groups excluding tert-OH is 1. The molecule has 1 amide bonds. The van der Waals surface area contributed by atoms with Crippen LogP contribution < -0.4 is 14.8 Å². The van der Waals surface area contributed by atoms with Crippen molar-refractivity contribution in [2.45, 2.75) is 71.0 Å². The molecule has 2 N–H and O–H groups in total. The molecule has 51 heavy (non-hydrogen) atoms. The molecule has 0 unspecified atom stereocenters. The maximum Gasteiger partial charge on any atom is 0.303 e. The molecule has 0 radical (unpaired) electrons. The molecule has 4 atom stereocenters. The van der Waals surface area contributed by atoms with Crippen molar-refractivity contribution in [3.63, 3.8) is 0 Å². The topological polar surface area (TPSA) is 116 Å². The standard InChI is InChI=1S/C41H46N2O8/c1-26(49-27(2)45)40(46)42-22-29-7-5-8-31(17-29)32-9-6-10-34(18-32)41-50-36(21-37(51-41)30-13-11-28(25-44)12-14-30)24-43-16-15-33-19-38(47-3)39(48-4)20-35(33)23-43/h5-14,17-20,26,36-37,41,44H,15-16,21-25H2,1-4H3,(H,42,46)/t26-,36-,37+,41+/m0/s1. The Hall–Kier alpha value is -4.74. The number of carbonyl (C=O) groups is 2. The number of nitrogens with one attached hydrogen (secondary N) is 1. The number of ether oxygens (including phenoxy) is 5. The highest BCUT2D eigenvalue weighted by Crippen LogP contribution is 2.40. The minimum absolute atomic E-state index is 0.0129. The Bertz CT molecular complexity index is 1830. The van der Waals surface area contributed by atoms with Gasteiger partial charge in [-0.05, 0) is 76.6 Å². The van der Waals surface area contributed by atoms with Crippen molar-refractivity contribution in [1.82, 2.24) is 10.2 Å². The first-order valence-electron chi connectivity index (χ1n) is 17.3. The van der Waals surface area contributed by atoms with Crippen LogP contribution in [-0.2, 0) is 49.9 Å². The van der Waals surface area contributed by atoms with Gasteiger partial charge in [-0.15, -0.1) is 0 Å². The molecule has 268 valence electrons. The van der Waals surface area contributed by atoms with Gasteiger partial charge in [-0.1, -0.05) is 60.7 Å². The van der Waals surface area contributed by atoms with Crippen LogP contribution >= 0.6 is 0 Å². The molecule has 0 spiro atoms. The molecule has 0 bridgehead atoms. The van der Waals surface area contributed by atoms with Crippen molar-refractivity contribution in [3.05, 3.63) is 118 Å². The van der Waals surface area contributed by atoms with Gasteiger partial charge in [-0.2, -0.15) is 0 Å². The fraction of sp³-hybridized carbons (Fsp3) is 0.366. The Balaban J connectivity index is 1.20. The molecule has 0 aliphatic carbocycles. The number of amides is 1. The fourth-order valence-electron chi connectivity index (χ4n) is 6.78. The van der Waals surface area contributed by atoms with E-state index in [1.54, 1.807) is 21.1 Å². The second kappa shape index (κ2) is 16.5. The predicted molar refractivity (Wildman–Crippen MR) is 192 cm³/mol. The van der Waals surface area contributed by atoms with Gasteiger partial charge in [0, 0.05) is 45.1 Å². The summed E-state index contributed by atoms with van der Waals surface area (Å²) in [6.45, 7) is 5.54. The number of aliphatic hydroxyl groups is 1. The fourth-order valence-corrected chi connectivity index (χ4v) is 6.78. The van der Waals surface area contributed by atoms with E-state index >= 15 is 0 Å². The van der Waals surface area contributed by atoms with Gasteiger partial charge >= 0.3 is 5.97 Å². The number of benzene rings is 4. The van der Waals surface area contributed by atoms with Crippen LogP contribution in [0, 0.1) is 0 Å². The molecule has 1 fully saturated rings. The quantitative estimate of drug-likeness (QED) is 0.172. The Morgan fingerprint density at radius 2 is 1.59 bits per heavy atom. The second-order valence-electron chi connectivity index (χ2n) is 13.1. The van der Waals surface area contributed by atoms with Crippen molar-refractivity contribution in [2.24, 2.45) is 0 Å². The molecule has 2 aliphatic heterocycles. The number of hydrogen-bond acceptors (Lipinski definition) is 9. The van der Waals surface area contributed by atoms with Crippen LogP contribution in [0.4, 0.5) is 0 Å². The SMILES string of the molecule is COc1cc2c(cc1OC)CN(C[C@@H]1C[C@H](c3ccc(CO)cc3)O[C@H](c3cccc(-c4cccc(CNC(=O)[C@H](C)OC(C)=O)c4)c3)O1)CC2. The molecule has 0 saturated carbocycles. The number of fused-ring (bicyclic) bond motifs is 1. The average molecular weight is 695 g/mol. The first-order valence-corrected chi connectivity index (χ1v) is 17.3. The highest BCUT2D eigenvalue weighted by atomic mass is 16.7. The number of esters is 1. The molecule has 4 aromatic carbocycles. The van der Waals surface area contributed by atoms with Crippen molar-refractivity contribution in [2.75, 3.05) is 27.3 Å². The molecule has 2 aliphatic rings. The third-order valence-corrected chi connectivity index (χ3v) is 9.47. The van der Waals surface area contributed by atoms with Gasteiger partial charge in [0.05, 0.1) is 33.0 Å². The van der Waals surface area contributed by atoms with Gasteiger partial charge in [0.25, 0.3) is 5.91 Å². The largest absolute Gasteiger partial charge is 0.493 e. The van der Waals surface area contributed by atoms with E-state index in [4.69, 9.17) is 23.7 Å². The van der Waals surface area contributed by atoms with Gasteiger partial charge in [0.2, 0.25) is 0 Å². The lowest BCUT2D eigenvalue weighted by molar-refractivity contribution is -0.253. The van der Waals surface area contributed by atoms with Gasteiger partial charge in [0.1, 0.15) is 0 Å². The summed E-state index contributed by atoms with van der Waals surface area (Å²) in [5.74, 6) is 0.633. The lowest BCUT2D eigenvalue weighted by atomic mass is 9.96. The molecule has 10 nitrogen and oxygen atoms in total. The molecule has 0 aromatic heterocycles. The van der Waals surface area contributed by atoms with Crippen molar-refractivity contribution >= 4 is 11.9 Å². The van der Waals surface area contributed by atoms with Gasteiger partial charge < -0.3 is 34.1 Å². The molecule has 1 saturated heterocycles. The van der Waals surface area contributed by atoms with Crippen molar-refractivity contribution < 1.29 is 38.4 Å². The maximum absolute atomic E-state index is 12.4. The first-order chi connectivity index (χ1) is 24.7. The van der Waals surface area contributed by atoms with Crippen molar-refractivity contribution in [1.29, 1.82) is 0 Å². The number of methoxy groups -OCH3 is 2. The van der Waals surface area contributed by atoms with E-state index in [0.29, 0.717) is 13.0 Å². The zero-order valence-corrected chi connectivity index (χ0v) is 29.6. The predicted octanol–water partition coefficient (Wildman–Crippen LogP) is 6.03. The van der Waals surface area contributed by atoms with E-state index in [2.05, 4.69) is 28.4 Å². The van der Waals surface area contributed by atoms with E-state index in [0.717, 1.165) is 70.9 Å². The van der Waals surface area contributed by atoms with Crippen LogP contribution in [0.25, 0.3) is 11.1 Å². The number of nitrogens with zero attached hydrogens (tertiary/aromatic N) is 1. The van der Waals surface area contributed by atoms with Crippen LogP contribution in [0.15, 0.2) is 84.9 Å². The van der Waals surface area contributed by atoms with Crippen LogP contribution in [0.3, 0.4) is 0 Å². The smallest absolute Gasteiger partial charge is 0.303 e. The number of carbonyl (C=O) groups excluding carboxylic acids is 2. The third kappa shape index (κ3) is 8.95. The Morgan fingerprint density at radius 1 is 0.882 bits per heavy atom. The lowest BCUT2D eigenvalue weighted by Gasteiger charge is -2.39. The molecule has 6 rings (SSSR count). The van der Waals surface area contributed by atoms with E-state index in [1.807, 2.05) is 66.7 Å². The summed E-state index contributed by atoms with van der Waals surface area (Å²) in [7, 11) is 3.33. The second-order valence-corrected chi connectivity index (χ2v) is 13.1. The van der Waals surface area contributed by atoms with Crippen LogP contribution in [0.2, 0.25) is 0 Å². The summed E-state index contributed by atoms with van der Waals surface area (Å²) in [6.07, 6.45) is -0.168. The minimum atomic E-state index is -0.864. The summed E-state index contributed by atoms with van der Waals surface area (Å²) in [6, 6.07) is 28.2. The van der Waals surface area contributed by atoms with Crippen LogP contribution in [0.1, 0.15) is 66.0 Å². The van der Waals surface area contributed by atoms with Gasteiger partial charge in [-0.3, -0.25) is 14.5 Å². The van der Waals surface area contributed by atoms with E-state index in [9.17, 15) is 14.7 Å². The summed E-state index contributed by atoms with van der Waals surface area (Å²) < 4.78 is 29.5. The Kier molecular flexibility index (Phi) is 11.7. The van der Waals surface area contributed by atoms with Gasteiger partial charge in [0.15, 0.2) is 23.9 Å². The minimum Gasteiger partial charge on any atom is -0.493 e. The van der Waals surface area contributed by atoms with Gasteiger partial charge in [-0.25, -0.2) is 0 Å². The Labute approximate surface area is 299 Å². The molecular weight excluding hydrogens is 648 g/mol. The third-order valence-electron chi connectivity index (χ3n) is 9.47. The molecule has 4 aromatic rings. The zero-order valence-electron chi connectivity index (χ0n) is 29.6. The molecular formula is C41H46N2O8. The first kappa shape index (κ1) is 36.1. The highest BCUT2D eigenvalue weighted by molar-refractivity contribution is 5.82. The lowest BCUT2D eigenvalue weighted by Crippen LogP contribution is -2.41. The Morgan fingerprint density at radius 3 is 2.29 bits per heavy atom. The number of hydrogen-bond donors (Lipinski definition) is 2.